The highest BCUT2D eigenvalue weighted by molar-refractivity contribution is 9.10. The summed E-state index contributed by atoms with van der Waals surface area (Å²) in [6, 6.07) is 0. The molecule has 4 nitrogen and oxygen atoms in total. The van der Waals surface area contributed by atoms with Crippen molar-refractivity contribution >= 4 is 21.9 Å². The van der Waals surface area contributed by atoms with E-state index in [9.17, 15) is 0 Å². The SMILES string of the molecule is CC1CCC(Oc2nc(N)ncc2Br)CC1. The molecule has 0 unspecified atom stereocenters. The second kappa shape index (κ2) is 4.99. The molecule has 1 aliphatic carbocycles. The summed E-state index contributed by atoms with van der Waals surface area (Å²) >= 11 is 3.36. The van der Waals surface area contributed by atoms with Crippen LogP contribution in [0.5, 0.6) is 5.88 Å². The number of rotatable bonds is 2. The Morgan fingerprint density at radius 3 is 2.75 bits per heavy atom. The van der Waals surface area contributed by atoms with Crippen LogP contribution in [0, 0.1) is 5.92 Å². The van der Waals surface area contributed by atoms with Crippen molar-refractivity contribution in [2.24, 2.45) is 5.92 Å². The zero-order valence-corrected chi connectivity index (χ0v) is 10.9. The smallest absolute Gasteiger partial charge is 0.233 e. The first kappa shape index (κ1) is 11.6. The molecule has 2 N–H and O–H groups in total. The number of nitrogens with two attached hydrogens (primary N) is 1. The summed E-state index contributed by atoms with van der Waals surface area (Å²) in [4.78, 5) is 7.97. The molecule has 5 heteroatoms. The van der Waals surface area contributed by atoms with E-state index < -0.39 is 0 Å². The molecule has 1 heterocycles. The molecular weight excluding hydrogens is 270 g/mol. The molecule has 88 valence electrons. The highest BCUT2D eigenvalue weighted by atomic mass is 79.9. The van der Waals surface area contributed by atoms with Crippen molar-refractivity contribution in [2.75, 3.05) is 5.73 Å². The van der Waals surface area contributed by atoms with Gasteiger partial charge < -0.3 is 10.5 Å². The van der Waals surface area contributed by atoms with E-state index in [-0.39, 0.29) is 12.1 Å². The molecule has 0 aliphatic heterocycles. The third-order valence-corrected chi connectivity index (χ3v) is 3.52. The van der Waals surface area contributed by atoms with Gasteiger partial charge in [0.1, 0.15) is 6.10 Å². The first-order valence-corrected chi connectivity index (χ1v) is 6.39. The van der Waals surface area contributed by atoms with E-state index in [1.54, 1.807) is 6.20 Å². The van der Waals surface area contributed by atoms with Crippen LogP contribution in [0.3, 0.4) is 0 Å². The lowest BCUT2D eigenvalue weighted by Crippen LogP contribution is -2.23. The molecule has 1 aromatic heterocycles. The number of nitrogens with zero attached hydrogens (tertiary/aromatic N) is 2. The second-order valence-electron chi connectivity index (χ2n) is 4.38. The van der Waals surface area contributed by atoms with Crippen molar-refractivity contribution in [1.82, 2.24) is 9.97 Å². The number of aromatic nitrogens is 2. The van der Waals surface area contributed by atoms with Crippen LogP contribution in [0.1, 0.15) is 32.6 Å². The lowest BCUT2D eigenvalue weighted by molar-refractivity contribution is 0.129. The van der Waals surface area contributed by atoms with Gasteiger partial charge in [-0.25, -0.2) is 4.98 Å². The Kier molecular flexibility index (Phi) is 3.63. The summed E-state index contributed by atoms with van der Waals surface area (Å²) in [5, 5.41) is 0. The Labute approximate surface area is 104 Å². The van der Waals surface area contributed by atoms with E-state index in [1.807, 2.05) is 0 Å². The molecule has 0 spiro atoms. The van der Waals surface area contributed by atoms with Gasteiger partial charge in [-0.15, -0.1) is 0 Å². The summed E-state index contributed by atoms with van der Waals surface area (Å²) in [6.07, 6.45) is 6.53. The summed E-state index contributed by atoms with van der Waals surface area (Å²) in [5.74, 6) is 1.63. The van der Waals surface area contributed by atoms with Gasteiger partial charge in [0.2, 0.25) is 11.8 Å². The molecule has 0 bridgehead atoms. The van der Waals surface area contributed by atoms with Crippen LogP contribution in [0.15, 0.2) is 10.7 Å². The molecule has 0 atom stereocenters. The molecule has 16 heavy (non-hydrogen) atoms. The third kappa shape index (κ3) is 2.84. The first-order valence-electron chi connectivity index (χ1n) is 5.60. The molecule has 0 amide bonds. The van der Waals surface area contributed by atoms with Crippen LogP contribution in [0.4, 0.5) is 5.95 Å². The Hall–Kier alpha value is -0.840. The normalized spacial score (nSPS) is 25.4. The van der Waals surface area contributed by atoms with Crippen LogP contribution >= 0.6 is 15.9 Å². The average Bonchev–Trinajstić information content (AvgIpc) is 2.27. The molecule has 1 aliphatic rings. The van der Waals surface area contributed by atoms with Gasteiger partial charge in [-0.3, -0.25) is 0 Å². The molecular formula is C11H16BrN3O. The third-order valence-electron chi connectivity index (χ3n) is 2.97. The van der Waals surface area contributed by atoms with Gasteiger partial charge in [-0.1, -0.05) is 6.92 Å². The molecule has 1 aromatic rings. The fourth-order valence-corrected chi connectivity index (χ4v) is 2.24. The van der Waals surface area contributed by atoms with Crippen LogP contribution < -0.4 is 10.5 Å². The van der Waals surface area contributed by atoms with Crippen molar-refractivity contribution in [1.29, 1.82) is 0 Å². The maximum absolute atomic E-state index is 5.84. The van der Waals surface area contributed by atoms with Crippen LogP contribution in [0.25, 0.3) is 0 Å². The second-order valence-corrected chi connectivity index (χ2v) is 5.24. The van der Waals surface area contributed by atoms with Gasteiger partial charge in [0.05, 0.1) is 10.7 Å². The van der Waals surface area contributed by atoms with Gasteiger partial charge in [0.15, 0.2) is 0 Å². The van der Waals surface area contributed by atoms with Crippen molar-refractivity contribution in [3.8, 4) is 5.88 Å². The lowest BCUT2D eigenvalue weighted by atomic mass is 9.89. The van der Waals surface area contributed by atoms with Gasteiger partial charge in [-0.2, -0.15) is 4.98 Å². The topological polar surface area (TPSA) is 61.0 Å². The van der Waals surface area contributed by atoms with E-state index in [4.69, 9.17) is 10.5 Å². The maximum Gasteiger partial charge on any atom is 0.233 e. The van der Waals surface area contributed by atoms with E-state index in [0.717, 1.165) is 23.2 Å². The van der Waals surface area contributed by atoms with E-state index in [0.29, 0.717) is 5.88 Å². The minimum absolute atomic E-state index is 0.252. The number of hydrogen-bond donors (Lipinski definition) is 1. The van der Waals surface area contributed by atoms with Crippen molar-refractivity contribution in [3.05, 3.63) is 10.7 Å². The molecule has 0 radical (unpaired) electrons. The highest BCUT2D eigenvalue weighted by Gasteiger charge is 2.20. The summed E-state index contributed by atoms with van der Waals surface area (Å²) in [7, 11) is 0. The highest BCUT2D eigenvalue weighted by Crippen LogP contribution is 2.29. The fraction of sp³-hybridized carbons (Fsp3) is 0.636. The zero-order valence-electron chi connectivity index (χ0n) is 9.32. The Balaban J connectivity index is 2.00. The van der Waals surface area contributed by atoms with E-state index in [1.165, 1.54) is 12.8 Å². The first-order chi connectivity index (χ1) is 7.65. The van der Waals surface area contributed by atoms with Gasteiger partial charge in [0, 0.05) is 0 Å². The fourth-order valence-electron chi connectivity index (χ4n) is 1.95. The predicted molar refractivity (Wildman–Crippen MR) is 66.2 cm³/mol. The van der Waals surface area contributed by atoms with Crippen LogP contribution in [0.2, 0.25) is 0 Å². The van der Waals surface area contributed by atoms with Crippen molar-refractivity contribution in [3.63, 3.8) is 0 Å². The summed E-state index contributed by atoms with van der Waals surface area (Å²) in [5.41, 5.74) is 5.53. The quantitative estimate of drug-likeness (QED) is 0.908. The standard InChI is InChI=1S/C11H16BrN3O/c1-7-2-4-8(5-3-7)16-10-9(12)6-14-11(13)15-10/h6-8H,2-5H2,1H3,(H2,13,14,15). The summed E-state index contributed by atoms with van der Waals surface area (Å²) in [6.45, 7) is 2.29. The molecule has 0 aromatic carbocycles. The number of nitrogen functional groups attached to an aromatic ring is 1. The maximum atomic E-state index is 5.84. The number of hydrogen-bond acceptors (Lipinski definition) is 4. The largest absolute Gasteiger partial charge is 0.473 e. The Morgan fingerprint density at radius 2 is 2.06 bits per heavy atom. The van der Waals surface area contributed by atoms with Gasteiger partial charge in [-0.05, 0) is 47.5 Å². The number of anilines is 1. The minimum atomic E-state index is 0.252. The Morgan fingerprint density at radius 1 is 1.38 bits per heavy atom. The number of ether oxygens (including phenoxy) is 1. The van der Waals surface area contributed by atoms with Crippen molar-refractivity contribution < 1.29 is 4.74 Å². The van der Waals surface area contributed by atoms with Crippen LogP contribution in [-0.2, 0) is 0 Å². The lowest BCUT2D eigenvalue weighted by Gasteiger charge is -2.26. The molecule has 1 saturated carbocycles. The van der Waals surface area contributed by atoms with Gasteiger partial charge >= 0.3 is 0 Å². The van der Waals surface area contributed by atoms with Gasteiger partial charge in [0.25, 0.3) is 0 Å². The van der Waals surface area contributed by atoms with Crippen molar-refractivity contribution in [2.45, 2.75) is 38.7 Å². The summed E-state index contributed by atoms with van der Waals surface area (Å²) < 4.78 is 6.60. The molecule has 1 fully saturated rings. The van der Waals surface area contributed by atoms with Crippen LogP contribution in [-0.4, -0.2) is 16.1 Å². The number of halogens is 1. The van der Waals surface area contributed by atoms with E-state index >= 15 is 0 Å². The predicted octanol–water partition coefficient (Wildman–Crippen LogP) is 2.78. The average molecular weight is 286 g/mol. The zero-order chi connectivity index (χ0) is 11.5. The Bertz CT molecular complexity index is 364. The molecule has 0 saturated heterocycles. The molecule has 2 rings (SSSR count). The monoisotopic (exact) mass is 285 g/mol. The van der Waals surface area contributed by atoms with E-state index in [2.05, 4.69) is 32.8 Å². The minimum Gasteiger partial charge on any atom is -0.473 e.